The maximum absolute atomic E-state index is 5.60. The van der Waals surface area contributed by atoms with E-state index in [-0.39, 0.29) is 5.54 Å². The Morgan fingerprint density at radius 3 is 2.86 bits per heavy atom. The van der Waals surface area contributed by atoms with Gasteiger partial charge in [-0.2, -0.15) is 0 Å². The molecule has 2 aliphatic rings. The van der Waals surface area contributed by atoms with Crippen molar-refractivity contribution in [2.24, 2.45) is 4.99 Å². The highest BCUT2D eigenvalue weighted by molar-refractivity contribution is 5.82. The molecule has 2 heterocycles. The van der Waals surface area contributed by atoms with Crippen LogP contribution in [0.2, 0.25) is 0 Å². The van der Waals surface area contributed by atoms with Crippen LogP contribution in [-0.4, -0.2) is 29.9 Å². The van der Waals surface area contributed by atoms with E-state index in [1.54, 1.807) is 6.26 Å². The molecule has 1 aromatic heterocycles. The number of aliphatic imine (C=N–C) groups is 1. The van der Waals surface area contributed by atoms with Gasteiger partial charge in [-0.25, -0.2) is 0 Å². The summed E-state index contributed by atoms with van der Waals surface area (Å²) >= 11 is 0. The zero-order valence-corrected chi connectivity index (χ0v) is 12.6. The van der Waals surface area contributed by atoms with Crippen LogP contribution in [0.5, 0.6) is 0 Å². The number of likely N-dealkylation sites (N-methyl/N-ethyl adjacent to an activating group) is 1. The second-order valence-corrected chi connectivity index (χ2v) is 6.34. The molecule has 0 bridgehead atoms. The van der Waals surface area contributed by atoms with Gasteiger partial charge in [-0.05, 0) is 49.4 Å². The van der Waals surface area contributed by atoms with Gasteiger partial charge in [0.05, 0.1) is 17.6 Å². The molecule has 1 aliphatic carbocycles. The van der Waals surface area contributed by atoms with E-state index < -0.39 is 0 Å². The average molecular weight is 280 g/mol. The van der Waals surface area contributed by atoms with Crippen LogP contribution < -0.4 is 0 Å². The number of hydrogen-bond donors (Lipinski definition) is 0. The fraction of sp³-hybridized carbons (Fsp3) is 0.389. The molecular formula is C18H20N2O. The lowest BCUT2D eigenvalue weighted by molar-refractivity contribution is 0.335. The highest BCUT2D eigenvalue weighted by Crippen LogP contribution is 2.39. The molecule has 108 valence electrons. The summed E-state index contributed by atoms with van der Waals surface area (Å²) in [4.78, 5) is 7.25. The maximum Gasteiger partial charge on any atom is 0.134 e. The van der Waals surface area contributed by atoms with Crippen LogP contribution >= 0.6 is 0 Å². The molecule has 4 rings (SSSR count). The lowest BCUT2D eigenvalue weighted by atomic mass is 9.77. The molecule has 3 nitrogen and oxygen atoms in total. The lowest BCUT2D eigenvalue weighted by Crippen LogP contribution is -2.39. The normalized spacial score (nSPS) is 24.3. The summed E-state index contributed by atoms with van der Waals surface area (Å²) in [6, 6.07) is 10.6. The summed E-state index contributed by atoms with van der Waals surface area (Å²) in [6.45, 7) is 3.16. The molecule has 0 radical (unpaired) electrons. The van der Waals surface area contributed by atoms with Gasteiger partial charge in [-0.1, -0.05) is 18.2 Å². The van der Waals surface area contributed by atoms with Gasteiger partial charge in [0.2, 0.25) is 0 Å². The van der Waals surface area contributed by atoms with Crippen molar-refractivity contribution in [1.82, 2.24) is 4.90 Å². The standard InChI is InChI=1S/C18H20N2O/c1-13-19-18(12-20(13)2)9-8-15-14(11-18)5-3-6-16(15)17-7-4-10-21-17/h3-7,10H,8-9,11-12H2,1-2H3/t18-/m1/s1. The van der Waals surface area contributed by atoms with Gasteiger partial charge in [0.25, 0.3) is 0 Å². The Kier molecular flexibility index (Phi) is 2.71. The van der Waals surface area contributed by atoms with Gasteiger partial charge < -0.3 is 9.32 Å². The molecule has 0 N–H and O–H groups in total. The SMILES string of the molecule is CC1=N[C@@]2(CCc3c(cccc3-c3ccco3)C2)CN1C. The lowest BCUT2D eigenvalue weighted by Gasteiger charge is -2.33. The van der Waals surface area contributed by atoms with Crippen LogP contribution in [0.3, 0.4) is 0 Å². The van der Waals surface area contributed by atoms with Crippen molar-refractivity contribution >= 4 is 5.84 Å². The molecule has 1 spiro atoms. The number of benzene rings is 1. The summed E-state index contributed by atoms with van der Waals surface area (Å²) in [5.41, 5.74) is 4.22. The first-order chi connectivity index (χ1) is 10.2. The Labute approximate surface area is 125 Å². The third-order valence-corrected chi connectivity index (χ3v) is 4.90. The van der Waals surface area contributed by atoms with Gasteiger partial charge in [-0.15, -0.1) is 0 Å². The molecule has 2 aromatic rings. The Hall–Kier alpha value is -2.03. The van der Waals surface area contributed by atoms with Crippen molar-refractivity contribution in [2.75, 3.05) is 13.6 Å². The molecule has 0 saturated heterocycles. The quantitative estimate of drug-likeness (QED) is 0.799. The molecule has 21 heavy (non-hydrogen) atoms. The number of amidine groups is 1. The third-order valence-electron chi connectivity index (χ3n) is 4.90. The molecule has 0 amide bonds. The van der Waals surface area contributed by atoms with Crippen LogP contribution in [0.25, 0.3) is 11.3 Å². The van der Waals surface area contributed by atoms with E-state index >= 15 is 0 Å². The first kappa shape index (κ1) is 12.7. The summed E-state index contributed by atoms with van der Waals surface area (Å²) < 4.78 is 5.60. The first-order valence-corrected chi connectivity index (χ1v) is 7.59. The van der Waals surface area contributed by atoms with E-state index in [1.165, 1.54) is 22.5 Å². The molecule has 1 aliphatic heterocycles. The summed E-state index contributed by atoms with van der Waals surface area (Å²) in [7, 11) is 2.14. The Morgan fingerprint density at radius 2 is 2.14 bits per heavy atom. The Morgan fingerprint density at radius 1 is 1.24 bits per heavy atom. The van der Waals surface area contributed by atoms with Gasteiger partial charge in [-0.3, -0.25) is 4.99 Å². The minimum Gasteiger partial charge on any atom is -0.464 e. The van der Waals surface area contributed by atoms with E-state index in [9.17, 15) is 0 Å². The van der Waals surface area contributed by atoms with Crippen molar-refractivity contribution in [3.05, 3.63) is 47.7 Å². The zero-order valence-electron chi connectivity index (χ0n) is 12.6. The van der Waals surface area contributed by atoms with Crippen molar-refractivity contribution in [2.45, 2.75) is 31.7 Å². The highest BCUT2D eigenvalue weighted by Gasteiger charge is 2.40. The average Bonchev–Trinajstić information content (AvgIpc) is 3.08. The van der Waals surface area contributed by atoms with Crippen LogP contribution in [0.4, 0.5) is 0 Å². The summed E-state index contributed by atoms with van der Waals surface area (Å²) in [5, 5.41) is 0. The molecule has 3 heteroatoms. The molecule has 0 fully saturated rings. The molecule has 0 unspecified atom stereocenters. The van der Waals surface area contributed by atoms with E-state index in [4.69, 9.17) is 9.41 Å². The highest BCUT2D eigenvalue weighted by atomic mass is 16.3. The number of furan rings is 1. The maximum atomic E-state index is 5.60. The predicted octanol–water partition coefficient (Wildman–Crippen LogP) is 3.54. The number of hydrogen-bond acceptors (Lipinski definition) is 3. The van der Waals surface area contributed by atoms with Crippen LogP contribution in [0.1, 0.15) is 24.5 Å². The predicted molar refractivity (Wildman–Crippen MR) is 84.6 cm³/mol. The first-order valence-electron chi connectivity index (χ1n) is 7.59. The molecule has 1 aromatic carbocycles. The van der Waals surface area contributed by atoms with Crippen LogP contribution in [-0.2, 0) is 12.8 Å². The Bertz CT molecular complexity index is 702. The molecule has 1 atom stereocenters. The van der Waals surface area contributed by atoms with E-state index in [0.29, 0.717) is 0 Å². The van der Waals surface area contributed by atoms with Crippen LogP contribution in [0, 0.1) is 0 Å². The summed E-state index contributed by atoms with van der Waals surface area (Å²) in [6.07, 6.45) is 4.99. The second kappa shape index (κ2) is 4.48. The molecular weight excluding hydrogens is 260 g/mol. The smallest absolute Gasteiger partial charge is 0.134 e. The number of fused-ring (bicyclic) bond motifs is 1. The second-order valence-electron chi connectivity index (χ2n) is 6.34. The third kappa shape index (κ3) is 1.99. The summed E-state index contributed by atoms with van der Waals surface area (Å²) in [5.74, 6) is 2.15. The van der Waals surface area contributed by atoms with Gasteiger partial charge in [0.1, 0.15) is 5.76 Å². The minimum absolute atomic E-state index is 0.0909. The number of nitrogens with zero attached hydrogens (tertiary/aromatic N) is 2. The van der Waals surface area contributed by atoms with E-state index in [2.05, 4.69) is 37.1 Å². The van der Waals surface area contributed by atoms with Crippen molar-refractivity contribution in [1.29, 1.82) is 0 Å². The Balaban J connectivity index is 1.74. The van der Waals surface area contributed by atoms with Crippen molar-refractivity contribution in [3.8, 4) is 11.3 Å². The monoisotopic (exact) mass is 280 g/mol. The fourth-order valence-electron chi connectivity index (χ4n) is 3.81. The van der Waals surface area contributed by atoms with Crippen molar-refractivity contribution < 1.29 is 4.42 Å². The van der Waals surface area contributed by atoms with E-state index in [0.717, 1.165) is 31.6 Å². The van der Waals surface area contributed by atoms with Crippen molar-refractivity contribution in [3.63, 3.8) is 0 Å². The molecule has 0 saturated carbocycles. The number of rotatable bonds is 1. The fourth-order valence-corrected chi connectivity index (χ4v) is 3.81. The topological polar surface area (TPSA) is 28.7 Å². The van der Waals surface area contributed by atoms with E-state index in [1.807, 2.05) is 12.1 Å². The zero-order chi connectivity index (χ0) is 14.4. The van der Waals surface area contributed by atoms with Crippen LogP contribution in [0.15, 0.2) is 46.0 Å². The van der Waals surface area contributed by atoms with Gasteiger partial charge >= 0.3 is 0 Å². The van der Waals surface area contributed by atoms with Gasteiger partial charge in [0.15, 0.2) is 0 Å². The largest absolute Gasteiger partial charge is 0.464 e. The minimum atomic E-state index is 0.0909. The van der Waals surface area contributed by atoms with Gasteiger partial charge in [0, 0.05) is 19.2 Å².